The van der Waals surface area contributed by atoms with E-state index in [0.29, 0.717) is 0 Å². The zero-order valence-electron chi connectivity index (χ0n) is 11.8. The molecule has 6 heteroatoms. The number of thioether (sulfide) groups is 1. The summed E-state index contributed by atoms with van der Waals surface area (Å²) in [6.45, 7) is 0.967. The summed E-state index contributed by atoms with van der Waals surface area (Å²) in [6, 6.07) is 5.97. The Bertz CT molecular complexity index is 715. The molecule has 1 aromatic carbocycles. The van der Waals surface area contributed by atoms with Crippen LogP contribution < -0.4 is 4.74 Å². The van der Waals surface area contributed by atoms with Gasteiger partial charge < -0.3 is 9.30 Å². The van der Waals surface area contributed by atoms with Crippen LogP contribution >= 0.6 is 11.8 Å². The number of nitrogens with zero attached hydrogens (tertiary/aromatic N) is 4. The van der Waals surface area contributed by atoms with Crippen LogP contribution in [0.1, 0.15) is 6.42 Å². The molecule has 0 fully saturated rings. The van der Waals surface area contributed by atoms with Crippen molar-refractivity contribution < 1.29 is 4.74 Å². The summed E-state index contributed by atoms with van der Waals surface area (Å²) < 4.78 is 7.37. The molecular formula is C15H16N4OS. The highest BCUT2D eigenvalue weighted by Gasteiger charge is 2.06. The molecule has 0 saturated heterocycles. The minimum Gasteiger partial charge on any atom is -0.497 e. The molecule has 21 heavy (non-hydrogen) atoms. The maximum absolute atomic E-state index is 5.28. The van der Waals surface area contributed by atoms with E-state index in [9.17, 15) is 0 Å². The fourth-order valence-electron chi connectivity index (χ4n) is 2.10. The number of benzene rings is 1. The fourth-order valence-corrected chi connectivity index (χ4v) is 3.00. The van der Waals surface area contributed by atoms with Gasteiger partial charge in [-0.2, -0.15) is 5.10 Å². The molecule has 3 aromatic rings. The third-order valence-electron chi connectivity index (χ3n) is 3.19. The van der Waals surface area contributed by atoms with Gasteiger partial charge in [0, 0.05) is 35.5 Å². The van der Waals surface area contributed by atoms with Gasteiger partial charge in [-0.15, -0.1) is 16.9 Å². The molecule has 0 aliphatic rings. The molecule has 0 unspecified atom stereocenters. The number of aryl methyl sites for hydroxylation is 1. The molecule has 0 radical (unpaired) electrons. The molecule has 0 bridgehead atoms. The van der Waals surface area contributed by atoms with Gasteiger partial charge in [0.1, 0.15) is 10.8 Å². The van der Waals surface area contributed by atoms with E-state index in [0.717, 1.165) is 40.3 Å². The Balaban J connectivity index is 1.68. The fraction of sp³-hybridized carbons (Fsp3) is 0.267. The van der Waals surface area contributed by atoms with Crippen LogP contribution in [0, 0.1) is 0 Å². The lowest BCUT2D eigenvalue weighted by atomic mass is 10.2. The summed E-state index contributed by atoms with van der Waals surface area (Å²) >= 11 is 1.73. The second kappa shape index (κ2) is 6.58. The van der Waals surface area contributed by atoms with E-state index in [4.69, 9.17) is 4.74 Å². The first-order valence-corrected chi connectivity index (χ1v) is 7.73. The van der Waals surface area contributed by atoms with Gasteiger partial charge in [-0.05, 0) is 24.6 Å². The van der Waals surface area contributed by atoms with Gasteiger partial charge in [0.25, 0.3) is 0 Å². The van der Waals surface area contributed by atoms with Gasteiger partial charge in [-0.1, -0.05) is 0 Å². The molecule has 108 valence electrons. The van der Waals surface area contributed by atoms with Crippen molar-refractivity contribution in [3.05, 3.63) is 43.1 Å². The van der Waals surface area contributed by atoms with E-state index in [1.165, 1.54) is 0 Å². The van der Waals surface area contributed by atoms with Crippen LogP contribution in [-0.2, 0) is 6.54 Å². The zero-order valence-corrected chi connectivity index (χ0v) is 12.6. The Hall–Kier alpha value is -2.08. The van der Waals surface area contributed by atoms with Crippen LogP contribution in [0.5, 0.6) is 5.75 Å². The van der Waals surface area contributed by atoms with Crippen molar-refractivity contribution in [1.82, 2.24) is 19.7 Å². The lowest BCUT2D eigenvalue weighted by Gasteiger charge is -2.06. The maximum atomic E-state index is 5.28. The normalized spacial score (nSPS) is 10.9. The Morgan fingerprint density at radius 2 is 2.29 bits per heavy atom. The lowest BCUT2D eigenvalue weighted by molar-refractivity contribution is 0.415. The molecular weight excluding hydrogens is 284 g/mol. The molecule has 3 rings (SSSR count). The molecule has 0 atom stereocenters. The average Bonchev–Trinajstić information content (AvgIpc) is 3.04. The molecule has 0 spiro atoms. The highest BCUT2D eigenvalue weighted by molar-refractivity contribution is 7.99. The van der Waals surface area contributed by atoms with Crippen LogP contribution in [0.25, 0.3) is 10.8 Å². The molecule has 0 amide bonds. The first-order valence-electron chi connectivity index (χ1n) is 6.75. The second-order valence-corrected chi connectivity index (χ2v) is 5.69. The highest BCUT2D eigenvalue weighted by Crippen LogP contribution is 2.28. The smallest absolute Gasteiger partial charge is 0.127 e. The summed E-state index contributed by atoms with van der Waals surface area (Å²) in [5.74, 6) is 1.83. The summed E-state index contributed by atoms with van der Waals surface area (Å²) in [4.78, 5) is 4.04. The van der Waals surface area contributed by atoms with Crippen molar-refractivity contribution in [3.63, 3.8) is 0 Å². The van der Waals surface area contributed by atoms with Crippen molar-refractivity contribution in [3.8, 4) is 5.75 Å². The Morgan fingerprint density at radius 3 is 3.10 bits per heavy atom. The van der Waals surface area contributed by atoms with Crippen molar-refractivity contribution >= 4 is 22.5 Å². The number of fused-ring (bicyclic) bond motifs is 1. The summed E-state index contributed by atoms with van der Waals surface area (Å²) in [5, 5.41) is 11.5. The van der Waals surface area contributed by atoms with Gasteiger partial charge in [0.05, 0.1) is 19.6 Å². The number of hydrogen-bond acceptors (Lipinski definition) is 5. The zero-order chi connectivity index (χ0) is 14.5. The van der Waals surface area contributed by atoms with E-state index in [-0.39, 0.29) is 0 Å². The third-order valence-corrected chi connectivity index (χ3v) is 4.26. The van der Waals surface area contributed by atoms with Crippen LogP contribution in [0.2, 0.25) is 0 Å². The predicted molar refractivity (Wildman–Crippen MR) is 83.7 cm³/mol. The van der Waals surface area contributed by atoms with Crippen LogP contribution in [0.15, 0.2) is 48.1 Å². The van der Waals surface area contributed by atoms with Crippen molar-refractivity contribution in [2.75, 3.05) is 12.9 Å². The van der Waals surface area contributed by atoms with Gasteiger partial charge in [-0.3, -0.25) is 0 Å². The molecule has 0 aliphatic carbocycles. The Kier molecular flexibility index (Phi) is 4.35. The quantitative estimate of drug-likeness (QED) is 0.517. The topological polar surface area (TPSA) is 52.8 Å². The molecule has 2 heterocycles. The first kappa shape index (κ1) is 13.9. The summed E-state index contributed by atoms with van der Waals surface area (Å²) in [5.41, 5.74) is 0. The summed E-state index contributed by atoms with van der Waals surface area (Å²) in [6.07, 6.45) is 8.46. The van der Waals surface area contributed by atoms with Crippen molar-refractivity contribution in [2.24, 2.45) is 0 Å². The third kappa shape index (κ3) is 3.33. The highest BCUT2D eigenvalue weighted by atomic mass is 32.2. The van der Waals surface area contributed by atoms with E-state index in [1.54, 1.807) is 31.3 Å². The maximum Gasteiger partial charge on any atom is 0.127 e. The number of aromatic nitrogens is 4. The lowest BCUT2D eigenvalue weighted by Crippen LogP contribution is -1.96. The number of ether oxygens (including phenoxy) is 1. The second-order valence-electron chi connectivity index (χ2n) is 4.61. The molecule has 2 aromatic heterocycles. The molecule has 5 nitrogen and oxygen atoms in total. The van der Waals surface area contributed by atoms with Gasteiger partial charge in [-0.25, -0.2) is 4.98 Å². The first-order chi connectivity index (χ1) is 10.4. The van der Waals surface area contributed by atoms with Gasteiger partial charge in [0.2, 0.25) is 0 Å². The van der Waals surface area contributed by atoms with Crippen molar-refractivity contribution in [1.29, 1.82) is 0 Å². The molecule has 0 aliphatic heterocycles. The summed E-state index contributed by atoms with van der Waals surface area (Å²) in [7, 11) is 1.67. The van der Waals surface area contributed by atoms with E-state index >= 15 is 0 Å². The molecule has 0 N–H and O–H groups in total. The van der Waals surface area contributed by atoms with Crippen LogP contribution in [0.3, 0.4) is 0 Å². The Morgan fingerprint density at radius 1 is 1.33 bits per heavy atom. The standard InChI is InChI=1S/C15H16N4OS/c1-20-13-4-3-12-10-17-18-15(14(12)9-13)21-8-2-6-19-7-5-16-11-19/h3-5,7,9-11H,2,6,8H2,1H3. The number of hydrogen-bond donors (Lipinski definition) is 0. The monoisotopic (exact) mass is 300 g/mol. The number of rotatable bonds is 6. The van der Waals surface area contributed by atoms with E-state index in [1.807, 2.05) is 30.7 Å². The minimum absolute atomic E-state index is 0.843. The van der Waals surface area contributed by atoms with E-state index < -0.39 is 0 Å². The van der Waals surface area contributed by atoms with Crippen LogP contribution in [0.4, 0.5) is 0 Å². The predicted octanol–water partition coefficient (Wildman–Crippen LogP) is 3.02. The van der Waals surface area contributed by atoms with Crippen molar-refractivity contribution in [2.45, 2.75) is 18.0 Å². The van der Waals surface area contributed by atoms with E-state index in [2.05, 4.69) is 19.7 Å². The Labute approximate surface area is 127 Å². The SMILES string of the molecule is COc1ccc2cnnc(SCCCn3ccnc3)c2c1. The van der Waals surface area contributed by atoms with Crippen LogP contribution in [-0.4, -0.2) is 32.6 Å². The van der Waals surface area contributed by atoms with Gasteiger partial charge in [0.15, 0.2) is 0 Å². The molecule has 0 saturated carbocycles. The van der Waals surface area contributed by atoms with Gasteiger partial charge >= 0.3 is 0 Å². The number of methoxy groups -OCH3 is 1. The largest absolute Gasteiger partial charge is 0.497 e. The minimum atomic E-state index is 0.843. The number of imidazole rings is 1. The average molecular weight is 300 g/mol.